The zero-order chi connectivity index (χ0) is 22.1. The Morgan fingerprint density at radius 2 is 2.09 bits per heavy atom. The molecule has 2 fully saturated rings. The molecular weight excluding hydrogens is 406 g/mol. The molecule has 1 saturated carbocycles. The van der Waals surface area contributed by atoms with Crippen molar-refractivity contribution in [3.05, 3.63) is 41.1 Å². The van der Waals surface area contributed by atoms with Crippen molar-refractivity contribution >= 4 is 23.4 Å². The Bertz CT molecular complexity index is 1060. The summed E-state index contributed by atoms with van der Waals surface area (Å²) in [6.07, 6.45) is 5.43. The lowest BCUT2D eigenvalue weighted by atomic mass is 9.90. The standard InChI is InChI=1S/C23H27N7O2/c24-12-16-13-26-23(28-21(16)29-6-8-32-9-7-29)27-18-2-1-3-19(11-18)30-14-15-4-5-17(25)10-20(15)22(30)31/h4-5,10,13,18-19H,1-3,6-9,11,14,25H2,(H,26,27,28)/t18-,19+/m1/s1. The summed E-state index contributed by atoms with van der Waals surface area (Å²) in [7, 11) is 0. The highest BCUT2D eigenvalue weighted by molar-refractivity contribution is 5.99. The number of carbonyl (C=O) groups is 1. The molecule has 166 valence electrons. The monoisotopic (exact) mass is 433 g/mol. The normalized spacial score (nSPS) is 23.0. The van der Waals surface area contributed by atoms with Crippen LogP contribution in [0.2, 0.25) is 0 Å². The molecule has 1 aliphatic carbocycles. The summed E-state index contributed by atoms with van der Waals surface area (Å²) in [5, 5.41) is 12.9. The van der Waals surface area contributed by atoms with E-state index >= 15 is 0 Å². The number of nitrogens with two attached hydrogens (primary N) is 1. The number of morpholine rings is 1. The number of carbonyl (C=O) groups excluding carboxylic acids is 1. The molecular formula is C23H27N7O2. The zero-order valence-corrected chi connectivity index (χ0v) is 18.0. The first kappa shape index (κ1) is 20.5. The number of rotatable bonds is 4. The molecule has 1 saturated heterocycles. The Hall–Kier alpha value is -3.38. The zero-order valence-electron chi connectivity index (χ0n) is 18.0. The minimum absolute atomic E-state index is 0.0715. The maximum Gasteiger partial charge on any atom is 0.254 e. The second-order valence-electron chi connectivity index (χ2n) is 8.65. The smallest absolute Gasteiger partial charge is 0.254 e. The van der Waals surface area contributed by atoms with Gasteiger partial charge in [-0.05, 0) is 43.4 Å². The maximum absolute atomic E-state index is 13.0. The Balaban J connectivity index is 1.29. The number of hydrogen-bond donors (Lipinski definition) is 2. The van der Waals surface area contributed by atoms with Crippen molar-refractivity contribution in [2.45, 2.75) is 44.3 Å². The van der Waals surface area contributed by atoms with Crippen molar-refractivity contribution in [2.75, 3.05) is 42.3 Å². The van der Waals surface area contributed by atoms with E-state index in [2.05, 4.69) is 26.3 Å². The van der Waals surface area contributed by atoms with Crippen LogP contribution in [-0.2, 0) is 11.3 Å². The summed E-state index contributed by atoms with van der Waals surface area (Å²) >= 11 is 0. The summed E-state index contributed by atoms with van der Waals surface area (Å²) in [6, 6.07) is 8.13. The van der Waals surface area contributed by atoms with Gasteiger partial charge in [-0.3, -0.25) is 4.79 Å². The van der Waals surface area contributed by atoms with Crippen LogP contribution in [0.1, 0.15) is 47.2 Å². The van der Waals surface area contributed by atoms with E-state index in [1.807, 2.05) is 17.0 Å². The SMILES string of the molecule is N#Cc1cnc(N[C@@H]2CCC[C@H](N3Cc4ccc(N)cc4C3=O)C2)nc1N1CCOCC1. The van der Waals surface area contributed by atoms with Crippen LogP contribution in [0.3, 0.4) is 0 Å². The molecule has 9 nitrogen and oxygen atoms in total. The predicted octanol–water partition coefficient (Wildman–Crippen LogP) is 2.15. The average Bonchev–Trinajstić information content (AvgIpc) is 3.15. The molecule has 1 aromatic carbocycles. The van der Waals surface area contributed by atoms with Crippen LogP contribution in [0.15, 0.2) is 24.4 Å². The number of fused-ring (bicyclic) bond motifs is 1. The third-order valence-electron chi connectivity index (χ3n) is 6.59. The second-order valence-corrected chi connectivity index (χ2v) is 8.65. The van der Waals surface area contributed by atoms with E-state index in [0.717, 1.165) is 36.8 Å². The topological polar surface area (TPSA) is 120 Å². The lowest BCUT2D eigenvalue weighted by Crippen LogP contribution is -2.42. The van der Waals surface area contributed by atoms with Crippen molar-refractivity contribution in [1.82, 2.24) is 14.9 Å². The van der Waals surface area contributed by atoms with Gasteiger partial charge < -0.3 is 25.6 Å². The van der Waals surface area contributed by atoms with Gasteiger partial charge in [-0.25, -0.2) is 4.98 Å². The summed E-state index contributed by atoms with van der Waals surface area (Å²) in [5.74, 6) is 1.26. The van der Waals surface area contributed by atoms with E-state index in [1.54, 1.807) is 12.3 Å². The predicted molar refractivity (Wildman–Crippen MR) is 120 cm³/mol. The number of nitrogens with one attached hydrogen (secondary N) is 1. The molecule has 2 aliphatic heterocycles. The summed E-state index contributed by atoms with van der Waals surface area (Å²) in [6.45, 7) is 3.30. The van der Waals surface area contributed by atoms with E-state index in [0.29, 0.717) is 55.9 Å². The number of hydrogen-bond acceptors (Lipinski definition) is 8. The van der Waals surface area contributed by atoms with Gasteiger partial charge in [-0.1, -0.05) is 6.07 Å². The van der Waals surface area contributed by atoms with Crippen molar-refractivity contribution < 1.29 is 9.53 Å². The molecule has 2 atom stereocenters. The quantitative estimate of drug-likeness (QED) is 0.704. The molecule has 1 aromatic heterocycles. The number of nitriles is 1. The largest absolute Gasteiger partial charge is 0.399 e. The number of aromatic nitrogens is 2. The lowest BCUT2D eigenvalue weighted by molar-refractivity contribution is 0.0654. The Morgan fingerprint density at radius 3 is 2.91 bits per heavy atom. The van der Waals surface area contributed by atoms with Gasteiger partial charge in [0.2, 0.25) is 5.95 Å². The van der Waals surface area contributed by atoms with Gasteiger partial charge in [0.05, 0.1) is 19.4 Å². The van der Waals surface area contributed by atoms with Crippen molar-refractivity contribution in [3.63, 3.8) is 0 Å². The van der Waals surface area contributed by atoms with E-state index < -0.39 is 0 Å². The first-order chi connectivity index (χ1) is 15.6. The second kappa shape index (κ2) is 8.63. The van der Waals surface area contributed by atoms with Gasteiger partial charge >= 0.3 is 0 Å². The molecule has 2 aromatic rings. The Kier molecular flexibility index (Phi) is 5.53. The molecule has 9 heteroatoms. The molecule has 0 spiro atoms. The fourth-order valence-electron chi connectivity index (χ4n) is 4.93. The number of amides is 1. The Morgan fingerprint density at radius 1 is 1.25 bits per heavy atom. The molecule has 5 rings (SSSR count). The van der Waals surface area contributed by atoms with Crippen LogP contribution in [-0.4, -0.2) is 59.2 Å². The molecule has 3 aliphatic rings. The molecule has 1 amide bonds. The first-order valence-electron chi connectivity index (χ1n) is 11.2. The number of nitrogen functional groups attached to an aromatic ring is 1. The minimum Gasteiger partial charge on any atom is -0.399 e. The molecule has 0 unspecified atom stereocenters. The highest BCUT2D eigenvalue weighted by Crippen LogP contribution is 2.33. The van der Waals surface area contributed by atoms with Gasteiger partial charge in [0.15, 0.2) is 5.82 Å². The van der Waals surface area contributed by atoms with Gasteiger partial charge in [0, 0.05) is 43.0 Å². The number of ether oxygens (including phenoxy) is 1. The van der Waals surface area contributed by atoms with Crippen LogP contribution in [0.5, 0.6) is 0 Å². The maximum atomic E-state index is 13.0. The van der Waals surface area contributed by atoms with Crippen LogP contribution < -0.4 is 16.0 Å². The van der Waals surface area contributed by atoms with E-state index in [-0.39, 0.29) is 18.0 Å². The summed E-state index contributed by atoms with van der Waals surface area (Å²) in [4.78, 5) is 26.1. The number of benzene rings is 1. The van der Waals surface area contributed by atoms with E-state index in [9.17, 15) is 10.1 Å². The van der Waals surface area contributed by atoms with Crippen molar-refractivity contribution in [1.29, 1.82) is 5.26 Å². The van der Waals surface area contributed by atoms with Crippen LogP contribution in [0.4, 0.5) is 17.5 Å². The molecule has 32 heavy (non-hydrogen) atoms. The molecule has 0 bridgehead atoms. The Labute approximate surface area is 187 Å². The first-order valence-corrected chi connectivity index (χ1v) is 11.2. The molecule has 0 radical (unpaired) electrons. The van der Waals surface area contributed by atoms with Gasteiger partial charge in [-0.15, -0.1) is 0 Å². The minimum atomic E-state index is 0.0715. The summed E-state index contributed by atoms with van der Waals surface area (Å²) < 4.78 is 5.42. The average molecular weight is 434 g/mol. The molecule has 3 heterocycles. The van der Waals surface area contributed by atoms with Crippen LogP contribution in [0.25, 0.3) is 0 Å². The lowest BCUT2D eigenvalue weighted by Gasteiger charge is -2.35. The number of anilines is 3. The van der Waals surface area contributed by atoms with Crippen LogP contribution in [0, 0.1) is 11.3 Å². The molecule has 3 N–H and O–H groups in total. The van der Waals surface area contributed by atoms with Gasteiger partial charge in [-0.2, -0.15) is 10.2 Å². The number of nitrogens with zero attached hydrogens (tertiary/aromatic N) is 5. The third kappa shape index (κ3) is 3.94. The van der Waals surface area contributed by atoms with Crippen molar-refractivity contribution in [3.8, 4) is 6.07 Å². The highest BCUT2D eigenvalue weighted by atomic mass is 16.5. The van der Waals surface area contributed by atoms with Gasteiger partial charge in [0.1, 0.15) is 11.6 Å². The highest BCUT2D eigenvalue weighted by Gasteiger charge is 2.35. The summed E-state index contributed by atoms with van der Waals surface area (Å²) in [5.41, 5.74) is 8.75. The van der Waals surface area contributed by atoms with Gasteiger partial charge in [0.25, 0.3) is 5.91 Å². The fraction of sp³-hybridized carbons (Fsp3) is 0.478. The third-order valence-corrected chi connectivity index (χ3v) is 6.59. The van der Waals surface area contributed by atoms with Crippen LogP contribution >= 0.6 is 0 Å². The van der Waals surface area contributed by atoms with E-state index in [4.69, 9.17) is 10.5 Å². The fourth-order valence-corrected chi connectivity index (χ4v) is 4.93. The van der Waals surface area contributed by atoms with E-state index in [1.165, 1.54) is 0 Å². The van der Waals surface area contributed by atoms with Crippen molar-refractivity contribution in [2.24, 2.45) is 0 Å².